The van der Waals surface area contributed by atoms with Crippen LogP contribution in [0.3, 0.4) is 0 Å². The summed E-state index contributed by atoms with van der Waals surface area (Å²) >= 11 is 0. The summed E-state index contributed by atoms with van der Waals surface area (Å²) in [6.07, 6.45) is 6.34. The van der Waals surface area contributed by atoms with Crippen molar-refractivity contribution in [2.45, 2.75) is 104 Å². The van der Waals surface area contributed by atoms with Crippen LogP contribution in [0.15, 0.2) is 0 Å². The van der Waals surface area contributed by atoms with Gasteiger partial charge in [0, 0.05) is 0 Å². The second kappa shape index (κ2) is 12.2. The first-order valence-corrected chi connectivity index (χ1v) is 24.0. The van der Waals surface area contributed by atoms with Gasteiger partial charge < -0.3 is 0 Å². The maximum absolute atomic E-state index is 12.7. The topological polar surface area (TPSA) is 83.1 Å². The molecule has 0 aliphatic heterocycles. The Bertz CT molecular complexity index is 532. The van der Waals surface area contributed by atoms with Gasteiger partial charge in [0.25, 0.3) is 0 Å². The van der Waals surface area contributed by atoms with Gasteiger partial charge in [0.2, 0.25) is 0 Å². The molecule has 0 heterocycles. The van der Waals surface area contributed by atoms with E-state index in [-0.39, 0.29) is 6.61 Å². The number of hydrogen-bond donors (Lipinski definition) is 1. The molecule has 178 valence electrons. The van der Waals surface area contributed by atoms with Gasteiger partial charge >= 0.3 is 184 Å². The van der Waals surface area contributed by atoms with E-state index in [0.29, 0.717) is 6.42 Å². The molecule has 0 fully saturated rings. The van der Waals surface area contributed by atoms with Gasteiger partial charge in [-0.15, -0.1) is 0 Å². The molecule has 0 aromatic carbocycles. The first-order chi connectivity index (χ1) is 12.9. The fourth-order valence-electron chi connectivity index (χ4n) is 2.57. The van der Waals surface area contributed by atoms with E-state index in [2.05, 4.69) is 11.4 Å². The molecule has 1 N–H and O–H groups in total. The molecular weight excluding hydrogens is 461 g/mol. The predicted octanol–water partition coefficient (Wildman–Crippen LogP) is 6.16. The Morgan fingerprint density at radius 3 is 1.45 bits per heavy atom. The second-order valence-corrected chi connectivity index (χ2v) is 28.5. The number of unbranched alkanes of at least 4 members (excludes halogenated alkanes) is 5. The van der Waals surface area contributed by atoms with Crippen LogP contribution in [-0.2, 0) is 27.1 Å². The van der Waals surface area contributed by atoms with Crippen molar-refractivity contribution in [1.29, 1.82) is 0 Å². The van der Waals surface area contributed by atoms with Gasteiger partial charge in [0.15, 0.2) is 0 Å². The Morgan fingerprint density at radius 2 is 1.07 bits per heavy atom. The Kier molecular flexibility index (Phi) is 12.5. The molecule has 0 aromatic heterocycles. The molecule has 0 aliphatic carbocycles. The van der Waals surface area contributed by atoms with Crippen molar-refractivity contribution in [3.8, 4) is 0 Å². The second-order valence-electron chi connectivity index (χ2n) is 10.3. The van der Waals surface area contributed by atoms with E-state index in [1.165, 1.54) is 19.3 Å². The molecule has 0 aliphatic rings. The SMILES string of the molecule is CCCCCCCCOS(=O)(=O)N[PH](O[Si](C)(C)C)(O[Si](C)(C)C)O[Si](C)(C)C. The third kappa shape index (κ3) is 17.1. The summed E-state index contributed by atoms with van der Waals surface area (Å²) < 4.78 is 52.3. The van der Waals surface area contributed by atoms with Crippen molar-refractivity contribution in [2.24, 2.45) is 0 Å². The van der Waals surface area contributed by atoms with Gasteiger partial charge in [-0.2, -0.15) is 0 Å². The van der Waals surface area contributed by atoms with Gasteiger partial charge in [0.05, 0.1) is 0 Å². The summed E-state index contributed by atoms with van der Waals surface area (Å²) in [7, 11) is -14.3. The third-order valence-electron chi connectivity index (χ3n) is 3.31. The number of nitrogens with one attached hydrogen (secondary N) is 1. The van der Waals surface area contributed by atoms with E-state index in [1.54, 1.807) is 0 Å². The van der Waals surface area contributed by atoms with Crippen molar-refractivity contribution in [1.82, 2.24) is 4.49 Å². The Morgan fingerprint density at radius 1 is 0.690 bits per heavy atom. The van der Waals surface area contributed by atoms with E-state index in [0.717, 1.165) is 12.8 Å². The summed E-state index contributed by atoms with van der Waals surface area (Å²) in [4.78, 5) is 0. The molecule has 7 nitrogen and oxygen atoms in total. The molecule has 29 heavy (non-hydrogen) atoms. The van der Waals surface area contributed by atoms with Crippen LogP contribution in [0.25, 0.3) is 0 Å². The minimum atomic E-state index is -4.05. The molecule has 0 atom stereocenters. The predicted molar refractivity (Wildman–Crippen MR) is 133 cm³/mol. The first-order valence-electron chi connectivity index (χ1n) is 10.7. The summed E-state index contributed by atoms with van der Waals surface area (Å²) in [5, 5.41) is 0. The van der Waals surface area contributed by atoms with Crippen molar-refractivity contribution < 1.29 is 25.2 Å². The average molecular weight is 508 g/mol. The zero-order valence-corrected chi connectivity index (χ0v) is 25.1. The van der Waals surface area contributed by atoms with Crippen LogP contribution in [0.5, 0.6) is 0 Å². The quantitative estimate of drug-likeness (QED) is 0.153. The Hall–Kier alpha value is 0.831. The molecule has 0 rings (SSSR count). The van der Waals surface area contributed by atoms with Gasteiger partial charge in [0.1, 0.15) is 0 Å². The van der Waals surface area contributed by atoms with Gasteiger partial charge in [-0.25, -0.2) is 0 Å². The Balaban J connectivity index is 5.33. The molecule has 0 saturated carbocycles. The van der Waals surface area contributed by atoms with Crippen LogP contribution >= 0.6 is 8.09 Å². The summed E-state index contributed by atoms with van der Waals surface area (Å²) in [6, 6.07) is 0. The van der Waals surface area contributed by atoms with Crippen molar-refractivity contribution in [2.75, 3.05) is 6.61 Å². The van der Waals surface area contributed by atoms with E-state index in [1.807, 2.05) is 58.9 Å². The molecule has 0 unspecified atom stereocenters. The van der Waals surface area contributed by atoms with Crippen molar-refractivity contribution in [3.63, 3.8) is 0 Å². The number of rotatable bonds is 16. The normalized spacial score (nSPS) is 15.0. The molecule has 0 saturated heterocycles. The Labute approximate surface area is 183 Å². The van der Waals surface area contributed by atoms with E-state index >= 15 is 0 Å². The monoisotopic (exact) mass is 507 g/mol. The summed E-state index contributed by atoms with van der Waals surface area (Å²) in [6.45, 7) is 20.3. The molecule has 12 heteroatoms. The fraction of sp³-hybridized carbons (Fsp3) is 1.00. The van der Waals surface area contributed by atoms with Gasteiger partial charge in [-0.1, -0.05) is 0 Å². The fourth-order valence-corrected chi connectivity index (χ4v) is 17.3. The standard InChI is InChI=1S/C17H46NO6PSSi3/c1-11-12-13-14-15-16-17-21-26(19,20)18-25(22-27(2,3)4,23-28(5,6)7)24-29(8,9)10/h18,25H,11-17H2,1-10H3. The summed E-state index contributed by atoms with van der Waals surface area (Å²) in [5.41, 5.74) is 0. The first kappa shape index (κ1) is 29.8. The summed E-state index contributed by atoms with van der Waals surface area (Å²) in [5.74, 6) is 0. The zero-order valence-electron chi connectivity index (χ0n) is 20.3. The van der Waals surface area contributed by atoms with Crippen LogP contribution in [-0.4, -0.2) is 40.0 Å². The molecule has 0 radical (unpaired) electrons. The molecule has 0 amide bonds. The number of hydrogen-bond acceptors (Lipinski definition) is 6. The van der Waals surface area contributed by atoms with Crippen molar-refractivity contribution in [3.05, 3.63) is 0 Å². The average Bonchev–Trinajstić information content (AvgIpc) is 2.39. The molecule has 0 bridgehead atoms. The van der Waals surface area contributed by atoms with E-state index in [9.17, 15) is 8.42 Å². The van der Waals surface area contributed by atoms with Crippen LogP contribution in [0.1, 0.15) is 45.4 Å². The van der Waals surface area contributed by atoms with Crippen molar-refractivity contribution >= 4 is 43.4 Å². The third-order valence-corrected chi connectivity index (χ3v) is 16.4. The van der Waals surface area contributed by atoms with Crippen LogP contribution < -0.4 is 4.49 Å². The molecular formula is C17H46NO6PSSi3. The van der Waals surface area contributed by atoms with Crippen LogP contribution in [0.2, 0.25) is 58.9 Å². The van der Waals surface area contributed by atoms with Gasteiger partial charge in [-0.05, 0) is 0 Å². The molecule has 0 spiro atoms. The van der Waals surface area contributed by atoms with Gasteiger partial charge in [-0.3, -0.25) is 0 Å². The van der Waals surface area contributed by atoms with Crippen LogP contribution in [0, 0.1) is 0 Å². The zero-order chi connectivity index (χ0) is 23.0. The maximum atomic E-state index is 12.7. The molecule has 0 aromatic rings. The van der Waals surface area contributed by atoms with E-state index < -0.39 is 43.4 Å². The minimum absolute atomic E-state index is 0.152. The van der Waals surface area contributed by atoms with E-state index in [4.69, 9.17) is 16.8 Å². The van der Waals surface area contributed by atoms with Crippen LogP contribution in [0.4, 0.5) is 0 Å².